The van der Waals surface area contributed by atoms with Crippen LogP contribution in [-0.4, -0.2) is 37.9 Å². The van der Waals surface area contributed by atoms with Crippen molar-refractivity contribution < 1.29 is 9.26 Å². The van der Waals surface area contributed by atoms with Gasteiger partial charge in [-0.1, -0.05) is 30.3 Å². The Balaban J connectivity index is 0.00000338. The van der Waals surface area contributed by atoms with E-state index in [0.29, 0.717) is 12.5 Å². The van der Waals surface area contributed by atoms with Crippen LogP contribution in [0.4, 0.5) is 0 Å². The van der Waals surface area contributed by atoms with E-state index in [1.807, 2.05) is 44.2 Å². The summed E-state index contributed by atoms with van der Waals surface area (Å²) in [7, 11) is 1.77. The minimum absolute atomic E-state index is 0. The standard InChI is InChI=1S/C19H28N4O2.HI/c1-14(18-15(2)23-25-16(18)3)13-22-19(20-4)21-11-8-12-24-17-9-6-5-7-10-17;/h5-7,9-10,14H,8,11-13H2,1-4H3,(H2,20,21,22);1H. The van der Waals surface area contributed by atoms with Gasteiger partial charge in [0.1, 0.15) is 11.5 Å². The van der Waals surface area contributed by atoms with Crippen molar-refractivity contribution in [2.45, 2.75) is 33.1 Å². The Kier molecular flexibility index (Phi) is 10.1. The molecule has 0 spiro atoms. The van der Waals surface area contributed by atoms with Gasteiger partial charge in [-0.05, 0) is 32.4 Å². The maximum atomic E-state index is 5.68. The lowest BCUT2D eigenvalue weighted by molar-refractivity contribution is 0.311. The summed E-state index contributed by atoms with van der Waals surface area (Å²) in [5.74, 6) is 2.87. The highest BCUT2D eigenvalue weighted by Crippen LogP contribution is 2.22. The van der Waals surface area contributed by atoms with Gasteiger partial charge in [0.25, 0.3) is 0 Å². The third-order valence-electron chi connectivity index (χ3n) is 4.01. The molecule has 1 unspecified atom stereocenters. The molecule has 26 heavy (non-hydrogen) atoms. The van der Waals surface area contributed by atoms with Crippen LogP contribution in [0.1, 0.15) is 36.3 Å². The predicted octanol–water partition coefficient (Wildman–Crippen LogP) is 3.65. The maximum absolute atomic E-state index is 5.68. The van der Waals surface area contributed by atoms with E-state index in [9.17, 15) is 0 Å². The number of nitrogens with zero attached hydrogens (tertiary/aromatic N) is 2. The Morgan fingerprint density at radius 2 is 1.96 bits per heavy atom. The minimum atomic E-state index is 0. The fourth-order valence-electron chi connectivity index (χ4n) is 2.75. The van der Waals surface area contributed by atoms with Gasteiger partial charge in [-0.2, -0.15) is 0 Å². The van der Waals surface area contributed by atoms with Gasteiger partial charge in [0, 0.05) is 31.6 Å². The molecule has 7 heteroatoms. The van der Waals surface area contributed by atoms with E-state index in [4.69, 9.17) is 9.26 Å². The lowest BCUT2D eigenvalue weighted by Gasteiger charge is -2.16. The van der Waals surface area contributed by atoms with Crippen LogP contribution in [-0.2, 0) is 0 Å². The second-order valence-corrected chi connectivity index (χ2v) is 6.03. The molecular formula is C19H29IN4O2. The van der Waals surface area contributed by atoms with E-state index in [1.54, 1.807) is 7.05 Å². The first-order valence-electron chi connectivity index (χ1n) is 8.67. The van der Waals surface area contributed by atoms with Crippen molar-refractivity contribution in [2.75, 3.05) is 26.7 Å². The summed E-state index contributed by atoms with van der Waals surface area (Å²) in [5.41, 5.74) is 2.12. The van der Waals surface area contributed by atoms with Crippen molar-refractivity contribution in [1.82, 2.24) is 15.8 Å². The molecule has 144 valence electrons. The van der Waals surface area contributed by atoms with Gasteiger partial charge in [-0.15, -0.1) is 24.0 Å². The molecule has 2 rings (SSSR count). The van der Waals surface area contributed by atoms with Crippen molar-refractivity contribution >= 4 is 29.9 Å². The van der Waals surface area contributed by atoms with Crippen LogP contribution in [0.25, 0.3) is 0 Å². The SMILES string of the molecule is CN=C(NCCCOc1ccccc1)NCC(C)c1c(C)noc1C.I. The maximum Gasteiger partial charge on any atom is 0.190 e. The molecule has 0 saturated heterocycles. The van der Waals surface area contributed by atoms with E-state index in [2.05, 4.69) is 27.7 Å². The Morgan fingerprint density at radius 1 is 1.23 bits per heavy atom. The summed E-state index contributed by atoms with van der Waals surface area (Å²) in [5, 5.41) is 10.7. The highest BCUT2D eigenvalue weighted by Gasteiger charge is 2.16. The monoisotopic (exact) mass is 472 g/mol. The first-order chi connectivity index (χ1) is 12.1. The van der Waals surface area contributed by atoms with Gasteiger partial charge in [0.2, 0.25) is 0 Å². The topological polar surface area (TPSA) is 71.7 Å². The van der Waals surface area contributed by atoms with E-state index in [1.165, 1.54) is 5.56 Å². The largest absolute Gasteiger partial charge is 0.494 e. The van der Waals surface area contributed by atoms with Gasteiger partial charge in [-0.3, -0.25) is 4.99 Å². The number of ether oxygens (including phenoxy) is 1. The fourth-order valence-corrected chi connectivity index (χ4v) is 2.75. The molecule has 0 aliphatic carbocycles. The molecule has 0 fully saturated rings. The molecule has 0 radical (unpaired) electrons. The molecular weight excluding hydrogens is 443 g/mol. The number of hydrogen-bond acceptors (Lipinski definition) is 4. The van der Waals surface area contributed by atoms with Crippen molar-refractivity contribution in [2.24, 2.45) is 4.99 Å². The number of nitrogens with one attached hydrogen (secondary N) is 2. The van der Waals surface area contributed by atoms with E-state index in [0.717, 1.165) is 42.7 Å². The molecule has 1 atom stereocenters. The number of guanidine groups is 1. The lowest BCUT2D eigenvalue weighted by atomic mass is 10.00. The van der Waals surface area contributed by atoms with Crippen LogP contribution < -0.4 is 15.4 Å². The molecule has 1 heterocycles. The Bertz CT molecular complexity index is 654. The zero-order valence-electron chi connectivity index (χ0n) is 15.9. The quantitative estimate of drug-likeness (QED) is 0.266. The van der Waals surface area contributed by atoms with E-state index >= 15 is 0 Å². The molecule has 2 aromatic rings. The molecule has 0 amide bonds. The molecule has 0 saturated carbocycles. The Hall–Kier alpha value is -1.77. The minimum Gasteiger partial charge on any atom is -0.494 e. The molecule has 1 aromatic carbocycles. The predicted molar refractivity (Wildman–Crippen MR) is 116 cm³/mol. The number of benzene rings is 1. The fraction of sp³-hybridized carbons (Fsp3) is 0.474. The number of aromatic nitrogens is 1. The second-order valence-electron chi connectivity index (χ2n) is 6.03. The van der Waals surface area contributed by atoms with Crippen LogP contribution in [0.15, 0.2) is 39.8 Å². The Morgan fingerprint density at radius 3 is 2.58 bits per heavy atom. The summed E-state index contributed by atoms with van der Waals surface area (Å²) in [6.07, 6.45) is 0.898. The van der Waals surface area contributed by atoms with Crippen LogP contribution in [0.5, 0.6) is 5.75 Å². The highest BCUT2D eigenvalue weighted by atomic mass is 127. The summed E-state index contributed by atoms with van der Waals surface area (Å²) < 4.78 is 10.9. The summed E-state index contributed by atoms with van der Waals surface area (Å²) >= 11 is 0. The summed E-state index contributed by atoms with van der Waals surface area (Å²) in [6.45, 7) is 8.31. The summed E-state index contributed by atoms with van der Waals surface area (Å²) in [6, 6.07) is 9.85. The molecule has 0 bridgehead atoms. The average Bonchev–Trinajstić information content (AvgIpc) is 2.96. The molecule has 0 aliphatic rings. The zero-order chi connectivity index (χ0) is 18.1. The van der Waals surface area contributed by atoms with Crippen LogP contribution in [0.3, 0.4) is 0 Å². The third-order valence-corrected chi connectivity index (χ3v) is 4.01. The highest BCUT2D eigenvalue weighted by molar-refractivity contribution is 14.0. The number of rotatable bonds is 8. The van der Waals surface area contributed by atoms with Crippen molar-refractivity contribution in [1.29, 1.82) is 0 Å². The number of para-hydroxylation sites is 1. The van der Waals surface area contributed by atoms with Crippen LogP contribution >= 0.6 is 24.0 Å². The van der Waals surface area contributed by atoms with Gasteiger partial charge in [0.15, 0.2) is 5.96 Å². The number of aryl methyl sites for hydroxylation is 2. The van der Waals surface area contributed by atoms with Crippen molar-refractivity contribution in [3.8, 4) is 5.75 Å². The van der Waals surface area contributed by atoms with Crippen molar-refractivity contribution in [3.05, 3.63) is 47.3 Å². The van der Waals surface area contributed by atoms with Gasteiger partial charge in [-0.25, -0.2) is 0 Å². The number of aliphatic imine (C=N–C) groups is 1. The third kappa shape index (κ3) is 6.86. The van der Waals surface area contributed by atoms with Crippen LogP contribution in [0, 0.1) is 13.8 Å². The molecule has 2 N–H and O–H groups in total. The van der Waals surface area contributed by atoms with Gasteiger partial charge in [0.05, 0.1) is 12.3 Å². The molecule has 0 aliphatic heterocycles. The zero-order valence-corrected chi connectivity index (χ0v) is 18.2. The smallest absolute Gasteiger partial charge is 0.190 e. The molecule has 6 nitrogen and oxygen atoms in total. The van der Waals surface area contributed by atoms with E-state index < -0.39 is 0 Å². The summed E-state index contributed by atoms with van der Waals surface area (Å²) in [4.78, 5) is 4.26. The lowest BCUT2D eigenvalue weighted by Crippen LogP contribution is -2.39. The first kappa shape index (κ1) is 22.3. The van der Waals surface area contributed by atoms with Gasteiger partial charge >= 0.3 is 0 Å². The number of hydrogen-bond donors (Lipinski definition) is 2. The van der Waals surface area contributed by atoms with Gasteiger partial charge < -0.3 is 19.9 Å². The number of halogens is 1. The van der Waals surface area contributed by atoms with Crippen molar-refractivity contribution in [3.63, 3.8) is 0 Å². The second kappa shape index (κ2) is 11.8. The van der Waals surface area contributed by atoms with Crippen LogP contribution in [0.2, 0.25) is 0 Å². The van der Waals surface area contributed by atoms with E-state index in [-0.39, 0.29) is 24.0 Å². The normalized spacial score (nSPS) is 12.2. The Labute approximate surface area is 172 Å². The molecule has 1 aromatic heterocycles. The average molecular weight is 472 g/mol. The first-order valence-corrected chi connectivity index (χ1v) is 8.67.